The number of pyridine rings is 1. The first-order valence-corrected chi connectivity index (χ1v) is 11.0. The van der Waals surface area contributed by atoms with Crippen LogP contribution in [0.2, 0.25) is 10.0 Å². The van der Waals surface area contributed by atoms with Gasteiger partial charge in [0.05, 0.1) is 12.2 Å². The molecule has 5 nitrogen and oxygen atoms in total. The first-order valence-electron chi connectivity index (χ1n) is 9.39. The minimum Gasteiger partial charge on any atom is -0.396 e. The summed E-state index contributed by atoms with van der Waals surface area (Å²) in [6, 6.07) is 8.81. The summed E-state index contributed by atoms with van der Waals surface area (Å²) in [6.07, 6.45) is 3.02. The van der Waals surface area contributed by atoms with E-state index in [4.69, 9.17) is 28.2 Å². The Morgan fingerprint density at radius 1 is 1.21 bits per heavy atom. The SMILES string of the molecule is CC(C)c1nc(CCCO)n(Cc2ccc(=O)[nH]c2)c1Sc1cc(Cl)cc(Cl)c1. The van der Waals surface area contributed by atoms with Crippen molar-refractivity contribution in [3.63, 3.8) is 0 Å². The molecule has 0 aliphatic rings. The number of H-pyrrole nitrogens is 1. The lowest BCUT2D eigenvalue weighted by Crippen LogP contribution is -2.10. The number of rotatable bonds is 8. The van der Waals surface area contributed by atoms with Crippen LogP contribution in [0.25, 0.3) is 0 Å². The molecule has 3 rings (SSSR count). The smallest absolute Gasteiger partial charge is 0.247 e. The van der Waals surface area contributed by atoms with Gasteiger partial charge < -0.3 is 14.7 Å². The standard InChI is InChI=1S/C21H23Cl2N3O2S/c1-13(2)20-21(29-17-9-15(22)8-16(23)10-17)26(18(25-20)4-3-7-27)12-14-5-6-19(28)24-11-14/h5-6,8-11,13,27H,3-4,7,12H2,1-2H3,(H,24,28). The Hall–Kier alpha value is -1.73. The van der Waals surface area contributed by atoms with Crippen LogP contribution in [0.4, 0.5) is 0 Å². The predicted molar refractivity (Wildman–Crippen MR) is 118 cm³/mol. The largest absolute Gasteiger partial charge is 0.396 e. The normalized spacial score (nSPS) is 11.4. The van der Waals surface area contributed by atoms with Gasteiger partial charge in [-0.25, -0.2) is 4.98 Å². The van der Waals surface area contributed by atoms with Crippen LogP contribution >= 0.6 is 35.0 Å². The highest BCUT2D eigenvalue weighted by Crippen LogP contribution is 2.37. The molecule has 3 aromatic rings. The lowest BCUT2D eigenvalue weighted by molar-refractivity contribution is 0.287. The quantitative estimate of drug-likeness (QED) is 0.497. The number of hydrogen-bond donors (Lipinski definition) is 2. The minimum atomic E-state index is -0.133. The van der Waals surface area contributed by atoms with Crippen LogP contribution in [-0.4, -0.2) is 26.2 Å². The summed E-state index contributed by atoms with van der Waals surface area (Å²) in [6.45, 7) is 4.89. The van der Waals surface area contributed by atoms with E-state index in [0.717, 1.165) is 27.0 Å². The molecule has 0 bridgehead atoms. The van der Waals surface area contributed by atoms with Crippen molar-refractivity contribution in [2.24, 2.45) is 0 Å². The molecular weight excluding hydrogens is 429 g/mol. The van der Waals surface area contributed by atoms with Gasteiger partial charge in [-0.15, -0.1) is 0 Å². The average Bonchev–Trinajstić information content (AvgIpc) is 2.98. The van der Waals surface area contributed by atoms with Crippen LogP contribution in [-0.2, 0) is 13.0 Å². The van der Waals surface area contributed by atoms with Crippen LogP contribution < -0.4 is 5.56 Å². The number of aliphatic hydroxyl groups excluding tert-OH is 1. The summed E-state index contributed by atoms with van der Waals surface area (Å²) in [5.74, 6) is 1.13. The van der Waals surface area contributed by atoms with E-state index in [1.807, 2.05) is 18.2 Å². The van der Waals surface area contributed by atoms with Gasteiger partial charge in [-0.3, -0.25) is 4.79 Å². The molecule has 154 valence electrons. The zero-order valence-electron chi connectivity index (χ0n) is 16.3. The lowest BCUT2D eigenvalue weighted by Gasteiger charge is -2.14. The molecular formula is C21H23Cl2N3O2S. The van der Waals surface area contributed by atoms with Gasteiger partial charge in [0.15, 0.2) is 0 Å². The Bertz CT molecular complexity index is 1010. The number of nitrogens with one attached hydrogen (secondary N) is 1. The van der Waals surface area contributed by atoms with E-state index >= 15 is 0 Å². The van der Waals surface area contributed by atoms with Crippen molar-refractivity contribution in [1.29, 1.82) is 0 Å². The van der Waals surface area contributed by atoms with Gasteiger partial charge in [0.25, 0.3) is 0 Å². The molecule has 0 atom stereocenters. The second-order valence-corrected chi connectivity index (χ2v) is 8.99. The van der Waals surface area contributed by atoms with Crippen molar-refractivity contribution in [2.45, 2.75) is 49.1 Å². The molecule has 0 radical (unpaired) electrons. The number of aromatic amines is 1. The van der Waals surface area contributed by atoms with E-state index in [1.54, 1.807) is 24.0 Å². The second-order valence-electron chi connectivity index (χ2n) is 7.05. The van der Waals surface area contributed by atoms with E-state index in [2.05, 4.69) is 23.4 Å². The fraction of sp³-hybridized carbons (Fsp3) is 0.333. The number of hydrogen-bond acceptors (Lipinski definition) is 4. The van der Waals surface area contributed by atoms with Gasteiger partial charge in [-0.05, 0) is 36.1 Å². The third-order valence-corrected chi connectivity index (χ3v) is 5.90. The van der Waals surface area contributed by atoms with Crippen molar-refractivity contribution >= 4 is 35.0 Å². The van der Waals surface area contributed by atoms with Crippen LogP contribution in [0, 0.1) is 0 Å². The zero-order valence-corrected chi connectivity index (χ0v) is 18.6. The maximum absolute atomic E-state index is 11.4. The molecule has 0 aliphatic heterocycles. The summed E-state index contributed by atoms with van der Waals surface area (Å²) < 4.78 is 2.15. The summed E-state index contributed by atoms with van der Waals surface area (Å²) in [4.78, 5) is 20.0. The molecule has 2 aromatic heterocycles. The van der Waals surface area contributed by atoms with E-state index in [9.17, 15) is 9.90 Å². The summed E-state index contributed by atoms with van der Waals surface area (Å²) in [5, 5.41) is 11.5. The molecule has 8 heteroatoms. The van der Waals surface area contributed by atoms with E-state index in [1.165, 1.54) is 6.07 Å². The minimum absolute atomic E-state index is 0.106. The van der Waals surface area contributed by atoms with Crippen molar-refractivity contribution < 1.29 is 5.11 Å². The molecule has 1 aromatic carbocycles. The molecule has 0 spiro atoms. The van der Waals surface area contributed by atoms with Crippen molar-refractivity contribution in [2.75, 3.05) is 6.61 Å². The lowest BCUT2D eigenvalue weighted by atomic mass is 10.1. The highest BCUT2D eigenvalue weighted by Gasteiger charge is 2.21. The topological polar surface area (TPSA) is 70.9 Å². The number of benzene rings is 1. The van der Waals surface area contributed by atoms with Gasteiger partial charge in [0.1, 0.15) is 10.9 Å². The van der Waals surface area contributed by atoms with E-state index in [-0.39, 0.29) is 18.1 Å². The van der Waals surface area contributed by atoms with E-state index in [0.29, 0.717) is 29.4 Å². The molecule has 0 unspecified atom stereocenters. The maximum Gasteiger partial charge on any atom is 0.247 e. The Kier molecular flexibility index (Phi) is 7.46. The Balaban J connectivity index is 2.07. The van der Waals surface area contributed by atoms with Crippen molar-refractivity contribution in [1.82, 2.24) is 14.5 Å². The van der Waals surface area contributed by atoms with Gasteiger partial charge >= 0.3 is 0 Å². The van der Waals surface area contributed by atoms with Gasteiger partial charge in [0.2, 0.25) is 5.56 Å². The maximum atomic E-state index is 11.4. The third-order valence-electron chi connectivity index (χ3n) is 4.37. The fourth-order valence-electron chi connectivity index (χ4n) is 3.00. The Morgan fingerprint density at radius 3 is 2.52 bits per heavy atom. The molecule has 0 amide bonds. The highest BCUT2D eigenvalue weighted by molar-refractivity contribution is 7.99. The predicted octanol–water partition coefficient (Wildman–Crippen LogP) is 5.13. The van der Waals surface area contributed by atoms with Crippen LogP contribution in [0.1, 0.15) is 43.3 Å². The highest BCUT2D eigenvalue weighted by atomic mass is 35.5. The number of nitrogens with zero attached hydrogens (tertiary/aromatic N) is 2. The molecule has 2 heterocycles. The number of imidazole rings is 1. The van der Waals surface area contributed by atoms with Gasteiger partial charge in [0, 0.05) is 40.2 Å². The Labute approximate surface area is 184 Å². The van der Waals surface area contributed by atoms with Crippen LogP contribution in [0.3, 0.4) is 0 Å². The monoisotopic (exact) mass is 451 g/mol. The third kappa shape index (κ3) is 5.66. The summed E-state index contributed by atoms with van der Waals surface area (Å²) in [5.41, 5.74) is 1.82. The number of halogens is 2. The summed E-state index contributed by atoms with van der Waals surface area (Å²) in [7, 11) is 0. The molecule has 0 saturated heterocycles. The summed E-state index contributed by atoms with van der Waals surface area (Å²) >= 11 is 14.0. The second kappa shape index (κ2) is 9.85. The number of aryl methyl sites for hydroxylation is 1. The molecule has 0 saturated carbocycles. The van der Waals surface area contributed by atoms with Crippen molar-refractivity contribution in [3.8, 4) is 0 Å². The molecule has 2 N–H and O–H groups in total. The first-order chi connectivity index (χ1) is 13.9. The van der Waals surface area contributed by atoms with Crippen LogP contribution in [0.15, 0.2) is 51.2 Å². The number of aromatic nitrogens is 3. The van der Waals surface area contributed by atoms with Crippen LogP contribution in [0.5, 0.6) is 0 Å². The average molecular weight is 452 g/mol. The Morgan fingerprint density at radius 2 is 1.93 bits per heavy atom. The molecule has 0 aliphatic carbocycles. The van der Waals surface area contributed by atoms with Gasteiger partial charge in [-0.2, -0.15) is 0 Å². The van der Waals surface area contributed by atoms with Crippen molar-refractivity contribution in [3.05, 3.63) is 74.0 Å². The van der Waals surface area contributed by atoms with Gasteiger partial charge in [-0.1, -0.05) is 54.9 Å². The fourth-order valence-corrected chi connectivity index (χ4v) is 4.92. The molecule has 29 heavy (non-hydrogen) atoms. The zero-order chi connectivity index (χ0) is 21.0. The molecule has 0 fully saturated rings. The number of aliphatic hydroxyl groups is 1. The first kappa shape index (κ1) is 22.0. The van der Waals surface area contributed by atoms with E-state index < -0.39 is 0 Å².